The first kappa shape index (κ1) is 26.4. The predicted octanol–water partition coefficient (Wildman–Crippen LogP) is 6.37. The van der Waals surface area contributed by atoms with Gasteiger partial charge >= 0.3 is 0 Å². The summed E-state index contributed by atoms with van der Waals surface area (Å²) in [4.78, 5) is 51.3. The second-order valence-electron chi connectivity index (χ2n) is 8.84. The van der Waals surface area contributed by atoms with Gasteiger partial charge in [-0.15, -0.1) is 0 Å². The van der Waals surface area contributed by atoms with Crippen LogP contribution in [-0.4, -0.2) is 23.5 Å². The highest BCUT2D eigenvalue weighted by atomic mass is 35.5. The molecule has 0 unspecified atom stereocenters. The van der Waals surface area contributed by atoms with Crippen LogP contribution in [0.4, 0.5) is 17.1 Å². The number of ketones is 1. The highest BCUT2D eigenvalue weighted by molar-refractivity contribution is 6.53. The number of hydrogen-bond donors (Lipinski definition) is 2. The van der Waals surface area contributed by atoms with E-state index < -0.39 is 17.7 Å². The standard InChI is InChI=1S/C31H22ClN3O5/c1-19(36)20-10-12-22(13-11-20)34-29(37)21-6-5-7-23(18-21)33-28-27(32)30(38)35(31(28)39)24-14-16-26(17-15-24)40-25-8-3-2-4-9-25/h2-18,33H,1H3,(H,34,37). The zero-order valence-corrected chi connectivity index (χ0v) is 21.9. The zero-order valence-electron chi connectivity index (χ0n) is 21.2. The van der Waals surface area contributed by atoms with Gasteiger partial charge in [0.15, 0.2) is 5.78 Å². The Bertz CT molecular complexity index is 1650. The maximum atomic E-state index is 13.2. The number of halogens is 1. The smallest absolute Gasteiger partial charge is 0.283 e. The minimum atomic E-state index is -0.672. The Labute approximate surface area is 234 Å². The van der Waals surface area contributed by atoms with E-state index >= 15 is 0 Å². The molecule has 0 bridgehead atoms. The van der Waals surface area contributed by atoms with Crippen LogP contribution in [0.2, 0.25) is 0 Å². The number of Topliss-reactive ketones (excluding diaryl/α,β-unsaturated/α-hetero) is 1. The molecule has 3 amide bonds. The summed E-state index contributed by atoms with van der Waals surface area (Å²) in [6.07, 6.45) is 0. The van der Waals surface area contributed by atoms with E-state index in [4.69, 9.17) is 16.3 Å². The minimum Gasteiger partial charge on any atom is -0.457 e. The number of carbonyl (C=O) groups is 4. The SMILES string of the molecule is CC(=O)c1ccc(NC(=O)c2cccc(NC3=C(Cl)C(=O)N(c4ccc(Oc5ccccc5)cc4)C3=O)c2)cc1. The maximum Gasteiger partial charge on any atom is 0.283 e. The number of nitrogens with one attached hydrogen (secondary N) is 2. The maximum absolute atomic E-state index is 13.2. The van der Waals surface area contributed by atoms with Crippen molar-refractivity contribution in [2.45, 2.75) is 6.92 Å². The molecular weight excluding hydrogens is 530 g/mol. The van der Waals surface area contributed by atoms with Gasteiger partial charge in [-0.25, -0.2) is 4.90 Å². The zero-order chi connectivity index (χ0) is 28.2. The van der Waals surface area contributed by atoms with E-state index in [2.05, 4.69) is 10.6 Å². The van der Waals surface area contributed by atoms with Gasteiger partial charge in [0.1, 0.15) is 22.2 Å². The number of ether oxygens (including phenoxy) is 1. The number of para-hydroxylation sites is 1. The van der Waals surface area contributed by atoms with E-state index in [0.717, 1.165) is 4.90 Å². The summed E-state index contributed by atoms with van der Waals surface area (Å²) in [5.41, 5.74) is 1.98. The Morgan fingerprint density at radius 1 is 0.725 bits per heavy atom. The Morgan fingerprint density at radius 3 is 2.08 bits per heavy atom. The summed E-state index contributed by atoms with van der Waals surface area (Å²) in [7, 11) is 0. The second kappa shape index (κ2) is 11.3. The van der Waals surface area contributed by atoms with Crippen LogP contribution in [0.1, 0.15) is 27.6 Å². The van der Waals surface area contributed by atoms with Gasteiger partial charge in [0.05, 0.1) is 5.69 Å². The van der Waals surface area contributed by atoms with E-state index in [0.29, 0.717) is 39.7 Å². The number of imide groups is 1. The number of nitrogens with zero attached hydrogens (tertiary/aromatic N) is 1. The first-order chi connectivity index (χ1) is 19.3. The first-order valence-electron chi connectivity index (χ1n) is 12.2. The third kappa shape index (κ3) is 5.62. The molecule has 0 saturated heterocycles. The summed E-state index contributed by atoms with van der Waals surface area (Å²) in [5.74, 6) is -0.580. The molecule has 40 heavy (non-hydrogen) atoms. The second-order valence-corrected chi connectivity index (χ2v) is 9.22. The van der Waals surface area contributed by atoms with Gasteiger partial charge < -0.3 is 15.4 Å². The van der Waals surface area contributed by atoms with E-state index in [9.17, 15) is 19.2 Å². The van der Waals surface area contributed by atoms with Crippen LogP contribution in [0.3, 0.4) is 0 Å². The normalized spacial score (nSPS) is 12.9. The van der Waals surface area contributed by atoms with Crippen molar-refractivity contribution in [3.05, 3.63) is 125 Å². The van der Waals surface area contributed by atoms with Crippen LogP contribution < -0.4 is 20.3 Å². The largest absolute Gasteiger partial charge is 0.457 e. The molecule has 8 nitrogen and oxygen atoms in total. The van der Waals surface area contributed by atoms with Gasteiger partial charge in [-0.1, -0.05) is 35.9 Å². The molecule has 0 fully saturated rings. The topological polar surface area (TPSA) is 105 Å². The lowest BCUT2D eigenvalue weighted by atomic mass is 10.1. The highest BCUT2D eigenvalue weighted by Gasteiger charge is 2.39. The minimum absolute atomic E-state index is 0.0720. The van der Waals surface area contributed by atoms with Gasteiger partial charge in [-0.05, 0) is 85.8 Å². The molecule has 1 aliphatic heterocycles. The molecule has 4 aromatic rings. The lowest BCUT2D eigenvalue weighted by Crippen LogP contribution is -2.32. The molecule has 5 rings (SSSR count). The molecule has 198 valence electrons. The molecule has 0 radical (unpaired) electrons. The van der Waals surface area contributed by atoms with Crippen molar-refractivity contribution in [3.8, 4) is 11.5 Å². The van der Waals surface area contributed by atoms with Crippen LogP contribution >= 0.6 is 11.6 Å². The van der Waals surface area contributed by atoms with Crippen molar-refractivity contribution in [2.24, 2.45) is 0 Å². The molecule has 0 aromatic heterocycles. The molecule has 1 aliphatic rings. The summed E-state index contributed by atoms with van der Waals surface area (Å²) in [5, 5.41) is 5.38. The molecule has 0 atom stereocenters. The van der Waals surface area contributed by atoms with Crippen molar-refractivity contribution in [3.63, 3.8) is 0 Å². The third-order valence-corrected chi connectivity index (χ3v) is 6.40. The Hall–Kier alpha value is -5.21. The number of carbonyl (C=O) groups excluding carboxylic acids is 4. The Balaban J connectivity index is 1.28. The number of benzene rings is 4. The summed E-state index contributed by atoms with van der Waals surface area (Å²) >= 11 is 6.28. The van der Waals surface area contributed by atoms with E-state index in [-0.39, 0.29) is 16.5 Å². The number of hydrogen-bond acceptors (Lipinski definition) is 6. The van der Waals surface area contributed by atoms with Gasteiger partial charge in [-0.2, -0.15) is 0 Å². The fraction of sp³-hybridized carbons (Fsp3) is 0.0323. The average molecular weight is 552 g/mol. The molecule has 0 saturated carbocycles. The number of amides is 3. The summed E-state index contributed by atoms with van der Waals surface area (Å²) in [6, 6.07) is 28.6. The number of rotatable bonds is 8. The molecule has 1 heterocycles. The lowest BCUT2D eigenvalue weighted by Gasteiger charge is -2.16. The van der Waals surface area contributed by atoms with E-state index in [1.54, 1.807) is 66.7 Å². The molecule has 2 N–H and O–H groups in total. The van der Waals surface area contributed by atoms with Crippen molar-refractivity contribution < 1.29 is 23.9 Å². The van der Waals surface area contributed by atoms with E-state index in [1.807, 2.05) is 30.3 Å². The quantitative estimate of drug-likeness (QED) is 0.195. The third-order valence-electron chi connectivity index (χ3n) is 6.04. The average Bonchev–Trinajstić information content (AvgIpc) is 3.17. The van der Waals surface area contributed by atoms with Crippen LogP contribution in [0, 0.1) is 0 Å². The first-order valence-corrected chi connectivity index (χ1v) is 12.6. The van der Waals surface area contributed by atoms with E-state index in [1.165, 1.54) is 13.0 Å². The molecule has 9 heteroatoms. The van der Waals surface area contributed by atoms with Crippen LogP contribution in [0.15, 0.2) is 114 Å². The van der Waals surface area contributed by atoms with Gasteiger partial charge in [0.25, 0.3) is 17.7 Å². The number of anilines is 3. The molecule has 0 spiro atoms. The van der Waals surface area contributed by atoms with Gasteiger partial charge in [0, 0.05) is 22.5 Å². The molecule has 4 aromatic carbocycles. The Morgan fingerprint density at radius 2 is 1.40 bits per heavy atom. The Kier molecular flexibility index (Phi) is 7.43. The fourth-order valence-corrected chi connectivity index (χ4v) is 4.22. The van der Waals surface area contributed by atoms with Crippen LogP contribution in [0.25, 0.3) is 0 Å². The van der Waals surface area contributed by atoms with Crippen LogP contribution in [-0.2, 0) is 9.59 Å². The summed E-state index contributed by atoms with van der Waals surface area (Å²) in [6.45, 7) is 1.47. The summed E-state index contributed by atoms with van der Waals surface area (Å²) < 4.78 is 5.77. The molecular formula is C31H22ClN3O5. The fourth-order valence-electron chi connectivity index (χ4n) is 4.01. The molecule has 0 aliphatic carbocycles. The van der Waals surface area contributed by atoms with Gasteiger partial charge in [-0.3, -0.25) is 19.2 Å². The van der Waals surface area contributed by atoms with Crippen molar-refractivity contribution in [1.29, 1.82) is 0 Å². The highest BCUT2D eigenvalue weighted by Crippen LogP contribution is 2.32. The lowest BCUT2D eigenvalue weighted by molar-refractivity contribution is -0.120. The van der Waals surface area contributed by atoms with Crippen molar-refractivity contribution in [1.82, 2.24) is 0 Å². The van der Waals surface area contributed by atoms with Crippen LogP contribution in [0.5, 0.6) is 11.5 Å². The predicted molar refractivity (Wildman–Crippen MR) is 153 cm³/mol. The van der Waals surface area contributed by atoms with Gasteiger partial charge in [0.2, 0.25) is 0 Å². The van der Waals surface area contributed by atoms with Crippen molar-refractivity contribution in [2.75, 3.05) is 15.5 Å². The van der Waals surface area contributed by atoms with Crippen molar-refractivity contribution >= 4 is 52.2 Å². The monoisotopic (exact) mass is 551 g/mol.